The number of esters is 1. The van der Waals surface area contributed by atoms with Crippen LogP contribution in [-0.4, -0.2) is 29.2 Å². The molecule has 0 saturated heterocycles. The smallest absolute Gasteiger partial charge is 0.305 e. The second-order valence-electron chi connectivity index (χ2n) is 9.18. The third-order valence-corrected chi connectivity index (χ3v) is 6.77. The van der Waals surface area contributed by atoms with Crippen LogP contribution in [0.4, 0.5) is 0 Å². The number of hydrogen-bond donors (Lipinski definition) is 0. The van der Waals surface area contributed by atoms with Crippen LogP contribution in [0.15, 0.2) is 66.7 Å². The van der Waals surface area contributed by atoms with Crippen LogP contribution in [-0.2, 0) is 22.4 Å². The van der Waals surface area contributed by atoms with Crippen molar-refractivity contribution in [3.8, 4) is 22.8 Å². The Morgan fingerprint density at radius 1 is 0.914 bits per heavy atom. The molecule has 0 N–H and O–H groups in total. The summed E-state index contributed by atoms with van der Waals surface area (Å²) in [4.78, 5) is 16.2. The molecule has 5 rings (SSSR count). The van der Waals surface area contributed by atoms with E-state index in [0.29, 0.717) is 13.0 Å². The summed E-state index contributed by atoms with van der Waals surface area (Å²) in [7, 11) is 1.44. The SMILES string of the molecule is COC(=O)CCCCCCOc1ccc2nc(-c3ccccc3)n(-c3ccc4c(c3)CCC4)c2c1. The fraction of sp³-hybridized carbons (Fsp3) is 0.333. The molecule has 1 aliphatic carbocycles. The van der Waals surface area contributed by atoms with Gasteiger partial charge in [-0.3, -0.25) is 9.36 Å². The number of carbonyl (C=O) groups excluding carboxylic acids is 1. The number of benzene rings is 3. The quantitative estimate of drug-likeness (QED) is 0.192. The van der Waals surface area contributed by atoms with E-state index in [1.807, 2.05) is 12.1 Å². The van der Waals surface area contributed by atoms with Crippen LogP contribution in [0.5, 0.6) is 5.75 Å². The number of rotatable bonds is 10. The number of hydrogen-bond acceptors (Lipinski definition) is 4. The van der Waals surface area contributed by atoms with Gasteiger partial charge in [-0.2, -0.15) is 0 Å². The van der Waals surface area contributed by atoms with E-state index in [-0.39, 0.29) is 5.97 Å². The first kappa shape index (κ1) is 23.2. The first-order chi connectivity index (χ1) is 17.2. The van der Waals surface area contributed by atoms with Crippen LogP contribution < -0.4 is 4.74 Å². The maximum Gasteiger partial charge on any atom is 0.305 e. The zero-order chi connectivity index (χ0) is 24.0. The summed E-state index contributed by atoms with van der Waals surface area (Å²) in [6.45, 7) is 0.655. The van der Waals surface area contributed by atoms with E-state index in [1.165, 1.54) is 31.1 Å². The topological polar surface area (TPSA) is 53.4 Å². The maximum atomic E-state index is 11.2. The average Bonchev–Trinajstić information content (AvgIpc) is 3.52. The van der Waals surface area contributed by atoms with Gasteiger partial charge in [0, 0.05) is 23.7 Å². The van der Waals surface area contributed by atoms with Crippen LogP contribution in [0, 0.1) is 0 Å². The minimum absolute atomic E-state index is 0.135. The van der Waals surface area contributed by atoms with Crippen LogP contribution in [0.3, 0.4) is 0 Å². The number of aromatic nitrogens is 2. The highest BCUT2D eigenvalue weighted by atomic mass is 16.5. The van der Waals surface area contributed by atoms with Crippen LogP contribution >= 0.6 is 0 Å². The van der Waals surface area contributed by atoms with Crippen molar-refractivity contribution < 1.29 is 14.3 Å². The van der Waals surface area contributed by atoms with Crippen LogP contribution in [0.2, 0.25) is 0 Å². The number of nitrogens with zero attached hydrogens (tertiary/aromatic N) is 2. The fourth-order valence-electron chi connectivity index (χ4n) is 4.90. The number of methoxy groups -OCH3 is 1. The lowest BCUT2D eigenvalue weighted by Crippen LogP contribution is -2.01. The summed E-state index contributed by atoms with van der Waals surface area (Å²) in [5.41, 5.74) is 7.17. The molecule has 0 bridgehead atoms. The molecular weight excluding hydrogens is 436 g/mol. The van der Waals surface area contributed by atoms with Crippen molar-refractivity contribution in [1.29, 1.82) is 0 Å². The molecule has 35 heavy (non-hydrogen) atoms. The predicted molar refractivity (Wildman–Crippen MR) is 139 cm³/mol. The zero-order valence-corrected chi connectivity index (χ0v) is 20.3. The third-order valence-electron chi connectivity index (χ3n) is 6.77. The molecule has 0 aliphatic heterocycles. The Hall–Kier alpha value is -3.60. The Morgan fingerprint density at radius 2 is 1.74 bits per heavy atom. The molecule has 0 fully saturated rings. The average molecular weight is 469 g/mol. The summed E-state index contributed by atoms with van der Waals surface area (Å²) < 4.78 is 13.1. The lowest BCUT2D eigenvalue weighted by Gasteiger charge is -2.12. The number of imidazole rings is 1. The summed E-state index contributed by atoms with van der Waals surface area (Å²) in [5.74, 6) is 1.67. The van der Waals surface area contributed by atoms with Gasteiger partial charge in [-0.05, 0) is 67.5 Å². The number of aryl methyl sites for hydroxylation is 2. The molecule has 0 amide bonds. The van der Waals surface area contributed by atoms with Gasteiger partial charge in [0.2, 0.25) is 0 Å². The van der Waals surface area contributed by atoms with Gasteiger partial charge >= 0.3 is 5.97 Å². The lowest BCUT2D eigenvalue weighted by molar-refractivity contribution is -0.140. The molecular formula is C30H32N2O3. The van der Waals surface area contributed by atoms with Gasteiger partial charge in [-0.1, -0.05) is 49.2 Å². The monoisotopic (exact) mass is 468 g/mol. The Kier molecular flexibility index (Phi) is 7.12. The van der Waals surface area contributed by atoms with Gasteiger partial charge in [0.25, 0.3) is 0 Å². The Morgan fingerprint density at radius 3 is 2.60 bits per heavy atom. The first-order valence-electron chi connectivity index (χ1n) is 12.6. The van der Waals surface area contributed by atoms with E-state index in [2.05, 4.69) is 59.2 Å². The number of fused-ring (bicyclic) bond motifs is 2. The molecule has 0 saturated carbocycles. The Balaban J connectivity index is 1.37. The normalized spacial score (nSPS) is 12.6. The highest BCUT2D eigenvalue weighted by molar-refractivity contribution is 5.84. The largest absolute Gasteiger partial charge is 0.494 e. The Bertz CT molecular complexity index is 1310. The van der Waals surface area contributed by atoms with Crippen LogP contribution in [0.25, 0.3) is 28.1 Å². The molecule has 0 atom stereocenters. The summed E-state index contributed by atoms with van der Waals surface area (Å²) in [5, 5.41) is 0. The molecule has 5 nitrogen and oxygen atoms in total. The second kappa shape index (κ2) is 10.8. The van der Waals surface area contributed by atoms with Gasteiger partial charge in [0.1, 0.15) is 11.6 Å². The fourth-order valence-corrected chi connectivity index (χ4v) is 4.90. The van der Waals surface area contributed by atoms with Crippen molar-refractivity contribution in [3.05, 3.63) is 77.9 Å². The molecule has 1 aliphatic rings. The summed E-state index contributed by atoms with van der Waals surface area (Å²) in [6, 6.07) is 23.4. The summed E-state index contributed by atoms with van der Waals surface area (Å²) in [6.07, 6.45) is 7.89. The molecule has 3 aromatic carbocycles. The van der Waals surface area contributed by atoms with Crippen molar-refractivity contribution in [2.24, 2.45) is 0 Å². The lowest BCUT2D eigenvalue weighted by atomic mass is 10.1. The highest BCUT2D eigenvalue weighted by Crippen LogP contribution is 2.33. The second-order valence-corrected chi connectivity index (χ2v) is 9.18. The van der Waals surface area contributed by atoms with E-state index < -0.39 is 0 Å². The summed E-state index contributed by atoms with van der Waals surface area (Å²) >= 11 is 0. The minimum Gasteiger partial charge on any atom is -0.494 e. The van der Waals surface area contributed by atoms with Crippen LogP contribution in [0.1, 0.15) is 49.7 Å². The van der Waals surface area contributed by atoms with E-state index in [0.717, 1.165) is 66.0 Å². The van der Waals surface area contributed by atoms with Gasteiger partial charge in [0.15, 0.2) is 0 Å². The van der Waals surface area contributed by atoms with Crippen molar-refractivity contribution in [2.45, 2.75) is 51.4 Å². The molecule has 0 spiro atoms. The highest BCUT2D eigenvalue weighted by Gasteiger charge is 2.18. The van der Waals surface area contributed by atoms with E-state index in [9.17, 15) is 4.79 Å². The van der Waals surface area contributed by atoms with Gasteiger partial charge in [-0.15, -0.1) is 0 Å². The van der Waals surface area contributed by atoms with E-state index in [1.54, 1.807) is 0 Å². The Labute approximate surface area is 206 Å². The molecule has 0 unspecified atom stereocenters. The first-order valence-corrected chi connectivity index (χ1v) is 12.6. The van der Waals surface area contributed by atoms with E-state index in [4.69, 9.17) is 14.5 Å². The number of carbonyl (C=O) groups is 1. The van der Waals surface area contributed by atoms with Gasteiger partial charge in [-0.25, -0.2) is 4.98 Å². The maximum absolute atomic E-state index is 11.2. The molecule has 180 valence electrons. The van der Waals surface area contributed by atoms with Gasteiger partial charge < -0.3 is 9.47 Å². The molecule has 4 aromatic rings. The number of ether oxygens (including phenoxy) is 2. The molecule has 0 radical (unpaired) electrons. The third kappa shape index (κ3) is 5.24. The molecule has 1 aromatic heterocycles. The van der Waals surface area contributed by atoms with Gasteiger partial charge in [0.05, 0.1) is 24.8 Å². The van der Waals surface area contributed by atoms with Crippen molar-refractivity contribution in [3.63, 3.8) is 0 Å². The predicted octanol–water partition coefficient (Wildman–Crippen LogP) is 6.68. The standard InChI is InChI=1S/C30H32N2O3/c1-34-29(33)14-7-2-3-8-19-35-26-17-18-27-28(21-26)32(30(31-27)23-10-5-4-6-11-23)25-16-15-22-12-9-13-24(22)20-25/h4-6,10-11,15-18,20-21H,2-3,7-9,12-14,19H2,1H3. The number of unbranched alkanes of at least 4 members (excludes halogenated alkanes) is 3. The minimum atomic E-state index is -0.135. The van der Waals surface area contributed by atoms with E-state index >= 15 is 0 Å². The van der Waals surface area contributed by atoms with Crippen molar-refractivity contribution in [1.82, 2.24) is 9.55 Å². The zero-order valence-electron chi connectivity index (χ0n) is 20.3. The molecule has 5 heteroatoms. The van der Waals surface area contributed by atoms with Crippen molar-refractivity contribution >= 4 is 17.0 Å². The van der Waals surface area contributed by atoms with Crippen molar-refractivity contribution in [2.75, 3.05) is 13.7 Å². The molecule has 1 heterocycles.